The van der Waals surface area contributed by atoms with Crippen LogP contribution in [0.3, 0.4) is 0 Å². The van der Waals surface area contributed by atoms with Gasteiger partial charge in [-0.3, -0.25) is 4.79 Å². The van der Waals surface area contributed by atoms with E-state index in [1.165, 1.54) is 0 Å². The van der Waals surface area contributed by atoms with Crippen LogP contribution in [0.4, 0.5) is 5.82 Å². The van der Waals surface area contributed by atoms with Crippen molar-refractivity contribution in [2.45, 2.75) is 32.7 Å². The smallest absolute Gasteiger partial charge is 0.258 e. The molecule has 3 heterocycles. The van der Waals surface area contributed by atoms with Crippen molar-refractivity contribution in [3.8, 4) is 11.5 Å². The molecule has 0 aliphatic carbocycles. The lowest BCUT2D eigenvalue weighted by Gasteiger charge is -2.29. The van der Waals surface area contributed by atoms with Crippen molar-refractivity contribution < 1.29 is 14.1 Å². The molecular weight excluding hydrogens is 322 g/mol. The Bertz CT molecular complexity index is 725. The maximum Gasteiger partial charge on any atom is 0.258 e. The fraction of sp³-hybridized carbons (Fsp3) is 0.529. The van der Waals surface area contributed by atoms with Crippen LogP contribution in [0.25, 0.3) is 11.5 Å². The normalized spacial score (nSPS) is 16.1. The molecule has 8 heteroatoms. The molecule has 0 radical (unpaired) electrons. The van der Waals surface area contributed by atoms with E-state index in [0.717, 1.165) is 5.56 Å². The fourth-order valence-corrected chi connectivity index (χ4v) is 2.57. The third kappa shape index (κ3) is 4.14. The van der Waals surface area contributed by atoms with Gasteiger partial charge in [-0.1, -0.05) is 19.0 Å². The minimum atomic E-state index is -0.380. The van der Waals surface area contributed by atoms with Gasteiger partial charge in [-0.25, -0.2) is 4.98 Å². The lowest BCUT2D eigenvalue weighted by molar-refractivity contribution is -0.135. The first-order valence-electron chi connectivity index (χ1n) is 8.47. The number of carbonyl (C=O) groups excluding carboxylic acids is 1. The number of hydrogen-bond donors (Lipinski definition) is 1. The van der Waals surface area contributed by atoms with Crippen molar-refractivity contribution >= 4 is 11.7 Å². The van der Waals surface area contributed by atoms with E-state index < -0.39 is 0 Å². The minimum absolute atomic E-state index is 0.0374. The van der Waals surface area contributed by atoms with Crippen molar-refractivity contribution in [1.82, 2.24) is 20.0 Å². The average molecular weight is 345 g/mol. The summed E-state index contributed by atoms with van der Waals surface area (Å²) in [6.45, 7) is 8.26. The van der Waals surface area contributed by atoms with Crippen LogP contribution < -0.4 is 5.32 Å². The Hall–Kier alpha value is -2.48. The van der Waals surface area contributed by atoms with E-state index >= 15 is 0 Å². The summed E-state index contributed by atoms with van der Waals surface area (Å²) < 4.78 is 10.6. The zero-order valence-corrected chi connectivity index (χ0v) is 14.7. The molecule has 8 nitrogen and oxygen atoms in total. The predicted octanol–water partition coefficient (Wildman–Crippen LogP) is 1.91. The third-order valence-electron chi connectivity index (χ3n) is 4.02. The second-order valence-electron chi connectivity index (χ2n) is 6.35. The summed E-state index contributed by atoms with van der Waals surface area (Å²) in [5.41, 5.74) is 0.767. The van der Waals surface area contributed by atoms with Crippen molar-refractivity contribution in [2.24, 2.45) is 0 Å². The van der Waals surface area contributed by atoms with Crippen LogP contribution in [0.1, 0.15) is 32.5 Å². The number of aromatic nitrogens is 3. The first-order valence-corrected chi connectivity index (χ1v) is 8.47. The summed E-state index contributed by atoms with van der Waals surface area (Å²) in [6, 6.07) is 3.23. The largest absolute Gasteiger partial charge is 0.378 e. The molecule has 3 rings (SSSR count). The SMILES string of the molecule is CC(Nc1cc(-c2nc(C(C)C)no2)ccn1)C(=O)N1CCOCC1. The highest BCUT2D eigenvalue weighted by Crippen LogP contribution is 2.22. The Morgan fingerprint density at radius 2 is 2.04 bits per heavy atom. The van der Waals surface area contributed by atoms with E-state index in [2.05, 4.69) is 20.4 Å². The molecule has 0 aromatic carbocycles. The van der Waals surface area contributed by atoms with Crippen LogP contribution in [-0.2, 0) is 9.53 Å². The third-order valence-corrected chi connectivity index (χ3v) is 4.02. The van der Waals surface area contributed by atoms with Gasteiger partial charge in [0.25, 0.3) is 5.89 Å². The first kappa shape index (κ1) is 17.3. The minimum Gasteiger partial charge on any atom is -0.378 e. The van der Waals surface area contributed by atoms with Crippen molar-refractivity contribution in [3.63, 3.8) is 0 Å². The van der Waals surface area contributed by atoms with Gasteiger partial charge in [0, 0.05) is 30.8 Å². The highest BCUT2D eigenvalue weighted by atomic mass is 16.5. The second kappa shape index (κ2) is 7.60. The van der Waals surface area contributed by atoms with Gasteiger partial charge in [0.1, 0.15) is 11.9 Å². The summed E-state index contributed by atoms with van der Waals surface area (Å²) in [4.78, 5) is 22.9. The number of carbonyl (C=O) groups is 1. The molecule has 1 N–H and O–H groups in total. The van der Waals surface area contributed by atoms with E-state index in [1.54, 1.807) is 23.2 Å². The van der Waals surface area contributed by atoms with Crippen molar-refractivity contribution in [1.29, 1.82) is 0 Å². The fourth-order valence-electron chi connectivity index (χ4n) is 2.57. The molecule has 1 amide bonds. The predicted molar refractivity (Wildman–Crippen MR) is 92.1 cm³/mol. The zero-order valence-electron chi connectivity index (χ0n) is 14.7. The van der Waals surface area contributed by atoms with E-state index in [0.29, 0.717) is 43.8 Å². The van der Waals surface area contributed by atoms with E-state index in [-0.39, 0.29) is 17.9 Å². The average Bonchev–Trinajstić information content (AvgIpc) is 3.12. The van der Waals surface area contributed by atoms with Gasteiger partial charge in [-0.05, 0) is 19.1 Å². The van der Waals surface area contributed by atoms with E-state index in [9.17, 15) is 4.79 Å². The van der Waals surface area contributed by atoms with Gasteiger partial charge >= 0.3 is 0 Å². The number of hydrogen-bond acceptors (Lipinski definition) is 7. The van der Waals surface area contributed by atoms with Crippen LogP contribution in [0.5, 0.6) is 0 Å². The molecule has 1 unspecified atom stereocenters. The lowest BCUT2D eigenvalue weighted by atomic mass is 10.2. The van der Waals surface area contributed by atoms with Crippen LogP contribution in [0.2, 0.25) is 0 Å². The Labute approximate surface area is 146 Å². The molecule has 25 heavy (non-hydrogen) atoms. The summed E-state index contributed by atoms with van der Waals surface area (Å²) in [7, 11) is 0. The summed E-state index contributed by atoms with van der Waals surface area (Å²) >= 11 is 0. The Balaban J connectivity index is 1.69. The maximum absolute atomic E-state index is 12.5. The van der Waals surface area contributed by atoms with Crippen molar-refractivity contribution in [3.05, 3.63) is 24.2 Å². The molecule has 1 aliphatic heterocycles. The van der Waals surface area contributed by atoms with Gasteiger partial charge in [-0.2, -0.15) is 4.98 Å². The van der Waals surface area contributed by atoms with Crippen molar-refractivity contribution in [2.75, 3.05) is 31.6 Å². The Morgan fingerprint density at radius 3 is 2.72 bits per heavy atom. The van der Waals surface area contributed by atoms with E-state index in [4.69, 9.17) is 9.26 Å². The van der Waals surface area contributed by atoms with E-state index in [1.807, 2.05) is 20.8 Å². The molecule has 1 fully saturated rings. The maximum atomic E-state index is 12.5. The molecule has 2 aromatic heterocycles. The van der Waals surface area contributed by atoms with Crippen LogP contribution >= 0.6 is 0 Å². The second-order valence-corrected chi connectivity index (χ2v) is 6.35. The summed E-state index contributed by atoms with van der Waals surface area (Å²) in [5.74, 6) is 1.94. The van der Waals surface area contributed by atoms with Gasteiger partial charge in [0.15, 0.2) is 5.82 Å². The number of nitrogens with one attached hydrogen (secondary N) is 1. The molecule has 0 bridgehead atoms. The van der Waals surface area contributed by atoms with Crippen LogP contribution in [-0.4, -0.2) is 58.3 Å². The number of rotatable bonds is 5. The first-order chi connectivity index (χ1) is 12.0. The topological polar surface area (TPSA) is 93.4 Å². The molecule has 0 saturated carbocycles. The number of anilines is 1. The van der Waals surface area contributed by atoms with Gasteiger partial charge in [0.2, 0.25) is 5.91 Å². The quantitative estimate of drug-likeness (QED) is 0.884. The standard InChI is InChI=1S/C17H23N5O3/c1-11(2)15-20-16(25-21-15)13-4-5-18-14(10-13)19-12(3)17(23)22-6-8-24-9-7-22/h4-5,10-12H,6-9H2,1-3H3,(H,18,19). The highest BCUT2D eigenvalue weighted by Gasteiger charge is 2.22. The molecule has 2 aromatic rings. The summed E-state index contributed by atoms with van der Waals surface area (Å²) in [6.07, 6.45) is 1.66. The zero-order chi connectivity index (χ0) is 17.8. The monoisotopic (exact) mass is 345 g/mol. The molecule has 1 atom stereocenters. The van der Waals surface area contributed by atoms with Gasteiger partial charge in [-0.15, -0.1) is 0 Å². The molecule has 1 aliphatic rings. The summed E-state index contributed by atoms with van der Waals surface area (Å²) in [5, 5.41) is 7.12. The molecule has 1 saturated heterocycles. The molecular formula is C17H23N5O3. The number of pyridine rings is 1. The van der Waals surface area contributed by atoms with Gasteiger partial charge in [0.05, 0.1) is 13.2 Å². The number of morpholine rings is 1. The van der Waals surface area contributed by atoms with Crippen LogP contribution in [0, 0.1) is 0 Å². The van der Waals surface area contributed by atoms with Crippen LogP contribution in [0.15, 0.2) is 22.9 Å². The Morgan fingerprint density at radius 1 is 1.28 bits per heavy atom. The number of amides is 1. The van der Waals surface area contributed by atoms with Gasteiger partial charge < -0.3 is 19.5 Å². The number of ether oxygens (including phenoxy) is 1. The lowest BCUT2D eigenvalue weighted by Crippen LogP contribution is -2.47. The highest BCUT2D eigenvalue weighted by molar-refractivity contribution is 5.84. The Kier molecular flexibility index (Phi) is 5.28. The molecule has 0 spiro atoms. The molecule has 134 valence electrons. The number of nitrogens with zero attached hydrogens (tertiary/aromatic N) is 4.